The zero-order valence-corrected chi connectivity index (χ0v) is 19.5. The molecule has 1 radical (unpaired) electrons. The fraction of sp³-hybridized carbons (Fsp3) is 0.421. The van der Waals surface area contributed by atoms with Crippen molar-refractivity contribution < 1.29 is 31.1 Å². The summed E-state index contributed by atoms with van der Waals surface area (Å²) in [5.41, 5.74) is 0.556. The number of aromatic nitrogens is 1. The monoisotopic (exact) mass is 495 g/mol. The number of rotatable bonds is 6. The van der Waals surface area contributed by atoms with Crippen molar-refractivity contribution in [2.45, 2.75) is 47.5 Å². The van der Waals surface area contributed by atoms with Gasteiger partial charge in [-0.3, -0.25) is 16.1 Å². The molecule has 0 bridgehead atoms. The van der Waals surface area contributed by atoms with Gasteiger partial charge in [-0.05, 0) is 46.8 Å². The predicted molar refractivity (Wildman–Crippen MR) is 122 cm³/mol. The first-order chi connectivity index (χ1) is 14.7. The Morgan fingerprint density at radius 2 is 1.22 bits per heavy atom. The van der Waals surface area contributed by atoms with Gasteiger partial charge in [0.05, 0.1) is 6.61 Å². The molecule has 1 heterocycles. The molecule has 0 unspecified atom stereocenters. The molecule has 0 amide bonds. The number of nitrogens with zero attached hydrogens (tertiary/aromatic N) is 5. The van der Waals surface area contributed by atoms with Crippen LogP contribution in [0.1, 0.15) is 47.5 Å². The first-order valence-corrected chi connectivity index (χ1v) is 8.79. The topological polar surface area (TPSA) is 198 Å². The van der Waals surface area contributed by atoms with Crippen molar-refractivity contribution in [2.24, 2.45) is 20.6 Å². The molecule has 0 atom stereocenters. The molecule has 0 aliphatic heterocycles. The molecular formula is C19H26CoN5O7-5. The van der Waals surface area contributed by atoms with Crippen LogP contribution in [0.5, 0.6) is 0 Å². The molecule has 1 aromatic rings. The van der Waals surface area contributed by atoms with Gasteiger partial charge in [-0.15, -0.1) is 6.42 Å². The van der Waals surface area contributed by atoms with Crippen molar-refractivity contribution in [3.05, 3.63) is 51.4 Å². The Labute approximate surface area is 197 Å². The van der Waals surface area contributed by atoms with E-state index in [1.807, 2.05) is 18.2 Å². The molecular weight excluding hydrogens is 469 g/mol. The van der Waals surface area contributed by atoms with Crippen molar-refractivity contribution in [2.75, 3.05) is 6.61 Å². The summed E-state index contributed by atoms with van der Waals surface area (Å²) in [6, 6.07) is 5.72. The van der Waals surface area contributed by atoms with Gasteiger partial charge in [0.25, 0.3) is 0 Å². The molecule has 12 nitrogen and oxygen atoms in total. The molecule has 0 fully saturated rings. The summed E-state index contributed by atoms with van der Waals surface area (Å²) < 4.78 is 4.53. The van der Waals surface area contributed by atoms with Crippen LogP contribution in [-0.2, 0) is 31.1 Å². The Hall–Kier alpha value is -3.32. The smallest absolute Gasteiger partial charge is 0.303 e. The van der Waals surface area contributed by atoms with Gasteiger partial charge in [0.2, 0.25) is 0 Å². The first-order valence-electron chi connectivity index (χ1n) is 8.79. The normalized spacial score (nSPS) is 11.0. The van der Waals surface area contributed by atoms with Crippen molar-refractivity contribution in [1.82, 2.24) is 4.98 Å². The van der Waals surface area contributed by atoms with E-state index in [0.717, 1.165) is 0 Å². The summed E-state index contributed by atoms with van der Waals surface area (Å²) in [4.78, 5) is 23.8. The minimum atomic E-state index is -0.333. The second-order valence-corrected chi connectivity index (χ2v) is 5.18. The third-order valence-corrected chi connectivity index (χ3v) is 2.90. The van der Waals surface area contributed by atoms with E-state index in [1.165, 1.54) is 27.7 Å². The fourth-order valence-corrected chi connectivity index (χ4v) is 0.963. The quantitative estimate of drug-likeness (QED) is 0.247. The van der Waals surface area contributed by atoms with Crippen molar-refractivity contribution in [3.63, 3.8) is 0 Å². The number of hydrogen-bond donors (Lipinski definition) is 0. The number of carbonyl (C=O) groups is 1. The largest absolute Gasteiger partial charge is 0.792 e. The van der Waals surface area contributed by atoms with Gasteiger partial charge in [-0.1, -0.05) is 6.07 Å². The van der Waals surface area contributed by atoms with Crippen molar-refractivity contribution in [1.29, 1.82) is 0 Å². The van der Waals surface area contributed by atoms with E-state index in [0.29, 0.717) is 6.61 Å². The average molecular weight is 495 g/mol. The van der Waals surface area contributed by atoms with E-state index in [4.69, 9.17) is 0 Å². The van der Waals surface area contributed by atoms with E-state index in [2.05, 4.69) is 30.3 Å². The van der Waals surface area contributed by atoms with Crippen LogP contribution >= 0.6 is 0 Å². The maximum Gasteiger partial charge on any atom is 0.303 e. The Morgan fingerprint density at radius 3 is 1.41 bits per heavy atom. The van der Waals surface area contributed by atoms with Gasteiger partial charge < -0.3 is 51.0 Å². The molecule has 32 heavy (non-hydrogen) atoms. The van der Waals surface area contributed by atoms with Crippen LogP contribution in [0.3, 0.4) is 0 Å². The Kier molecular flexibility index (Phi) is 31.2. The minimum Gasteiger partial charge on any atom is -0.792 e. The van der Waals surface area contributed by atoms with Crippen LogP contribution in [-0.4, -0.2) is 46.7 Å². The second kappa shape index (κ2) is 27.7. The molecule has 0 spiro atoms. The Balaban J connectivity index is -0.000000163. The van der Waals surface area contributed by atoms with E-state index < -0.39 is 0 Å². The van der Waals surface area contributed by atoms with E-state index in [1.54, 1.807) is 25.6 Å². The number of carbonyl (C=O) groups excluding carboxylic acids is 2. The zero-order chi connectivity index (χ0) is 24.5. The molecule has 0 aliphatic carbocycles. The van der Waals surface area contributed by atoms with Crippen LogP contribution in [0.2, 0.25) is 0 Å². The number of esters is 1. The van der Waals surface area contributed by atoms with Gasteiger partial charge in [0.15, 0.2) is 0 Å². The Morgan fingerprint density at radius 1 is 0.844 bits per heavy atom. The van der Waals surface area contributed by atoms with Gasteiger partial charge >= 0.3 is 5.97 Å². The maximum atomic E-state index is 10.4. The maximum absolute atomic E-state index is 10.4. The van der Waals surface area contributed by atoms with Crippen LogP contribution in [0, 0.1) is 20.8 Å². The van der Waals surface area contributed by atoms with E-state index in [-0.39, 0.29) is 58.4 Å². The van der Waals surface area contributed by atoms with Crippen LogP contribution in [0.15, 0.2) is 51.2 Å². The summed E-state index contributed by atoms with van der Waals surface area (Å²) in [5.74, 6) is -0.333. The zero-order valence-electron chi connectivity index (χ0n) is 18.4. The van der Waals surface area contributed by atoms with Crippen molar-refractivity contribution in [3.8, 4) is 0 Å². The molecule has 1 aromatic heterocycles. The summed E-state index contributed by atoms with van der Waals surface area (Å²) in [6.07, 6.45) is 5.39. The third-order valence-electron chi connectivity index (χ3n) is 2.90. The molecule has 0 saturated heterocycles. The molecule has 0 N–H and O–H groups in total. The van der Waals surface area contributed by atoms with Crippen LogP contribution < -0.4 is 0 Å². The summed E-state index contributed by atoms with van der Waals surface area (Å²) in [7, 11) is 0. The minimum absolute atomic E-state index is 0. The number of ether oxygens (including phenoxy) is 1. The van der Waals surface area contributed by atoms with Crippen molar-refractivity contribution >= 4 is 35.1 Å². The van der Waals surface area contributed by atoms with E-state index in [9.17, 15) is 30.4 Å². The second-order valence-electron chi connectivity index (χ2n) is 5.18. The van der Waals surface area contributed by atoms with E-state index >= 15 is 0 Å². The molecule has 1 rings (SSSR count). The fourth-order valence-electron chi connectivity index (χ4n) is 0.963. The SMILES string of the molecule is CC(=N[O-])C(C)=N[O-].CC(=N[O-])C(C)=N[O-].CCOC(=O)CC[C-]=O.[Co].c1ccncc1. The van der Waals surface area contributed by atoms with Gasteiger partial charge in [0, 0.05) is 58.4 Å². The van der Waals surface area contributed by atoms with Gasteiger partial charge in [0.1, 0.15) is 0 Å². The summed E-state index contributed by atoms with van der Waals surface area (Å²) in [6.45, 7) is 7.83. The molecule has 183 valence electrons. The molecule has 0 saturated carbocycles. The summed E-state index contributed by atoms with van der Waals surface area (Å²) >= 11 is 0. The average Bonchev–Trinajstić information content (AvgIpc) is 2.83. The van der Waals surface area contributed by atoms with Gasteiger partial charge in [-0.25, -0.2) is 0 Å². The van der Waals surface area contributed by atoms with Crippen LogP contribution in [0.25, 0.3) is 0 Å². The molecule has 0 aliphatic rings. The number of hydrogen-bond acceptors (Lipinski definition) is 12. The third kappa shape index (κ3) is 26.7. The Bertz CT molecular complexity index is 621. The van der Waals surface area contributed by atoms with Gasteiger partial charge in [-0.2, -0.15) is 0 Å². The standard InChI is InChI=1S/C6H9O3.C5H5N.2C4H8N2O2.Co/c1-2-9-6(8)4-3-5-7;1-2-4-6-5-3-1;2*1-3(5-7)4(2)6-8;/h2-4H2,1H3;1-5H;2*7-8H,1-2H3;/q-1;;;;/p-4. The summed E-state index contributed by atoms with van der Waals surface area (Å²) in [5, 5.41) is 48.4. The predicted octanol–water partition coefficient (Wildman–Crippen LogP) is 3.33. The first kappa shape index (κ1) is 36.1. The molecule has 0 aromatic carbocycles. The number of pyridine rings is 1. The molecule has 13 heteroatoms. The van der Waals surface area contributed by atoms with Crippen LogP contribution in [0.4, 0.5) is 0 Å².